The molecule has 9 nitrogen and oxygen atoms in total. The number of nitrogens with one attached hydrogen (secondary N) is 1. The van der Waals surface area contributed by atoms with Crippen molar-refractivity contribution in [3.8, 4) is 0 Å². The normalized spacial score (nSPS) is 12.8. The number of halogens is 3. The van der Waals surface area contributed by atoms with Gasteiger partial charge in [-0.2, -0.15) is 22.8 Å². The fraction of sp³-hybridized carbons (Fsp3) is 0.286. The van der Waals surface area contributed by atoms with E-state index >= 15 is 0 Å². The monoisotopic (exact) mass is 459 g/mol. The highest BCUT2D eigenvalue weighted by Gasteiger charge is 2.31. The quantitative estimate of drug-likeness (QED) is 0.340. The Morgan fingerprint density at radius 2 is 1.97 bits per heavy atom. The Hall–Kier alpha value is -3.96. The van der Waals surface area contributed by atoms with Gasteiger partial charge in [0.1, 0.15) is 23.5 Å². The molecule has 0 saturated heterocycles. The second-order valence-corrected chi connectivity index (χ2v) is 7.38. The molecular weight excluding hydrogens is 439 g/mol. The number of esters is 1. The van der Waals surface area contributed by atoms with Crippen molar-refractivity contribution >= 4 is 34.2 Å². The average molecular weight is 459 g/mol. The lowest BCUT2D eigenvalue weighted by atomic mass is 10.0. The minimum absolute atomic E-state index is 0.00822. The van der Waals surface area contributed by atoms with Gasteiger partial charge in [0.05, 0.1) is 23.6 Å². The lowest BCUT2D eigenvalue weighted by Crippen LogP contribution is -2.14. The number of pyridine rings is 1. The lowest BCUT2D eigenvalue weighted by Gasteiger charge is -2.19. The Balaban J connectivity index is 1.84. The number of nitrogens with zero attached hydrogens (tertiary/aromatic N) is 5. The van der Waals surface area contributed by atoms with E-state index in [-0.39, 0.29) is 23.5 Å². The Morgan fingerprint density at radius 3 is 2.67 bits per heavy atom. The van der Waals surface area contributed by atoms with Gasteiger partial charge in [0.25, 0.3) is 0 Å². The molecule has 0 saturated carbocycles. The molecule has 0 spiro atoms. The smallest absolute Gasteiger partial charge is 0.416 e. The van der Waals surface area contributed by atoms with E-state index in [0.717, 1.165) is 12.1 Å². The molecule has 1 aromatic carbocycles. The molecule has 4 aromatic rings. The number of nitrogen functional groups attached to an aromatic ring is 1. The molecule has 12 heteroatoms. The van der Waals surface area contributed by atoms with Crippen LogP contribution in [0, 0.1) is 6.92 Å². The maximum Gasteiger partial charge on any atom is 0.416 e. The molecule has 0 bridgehead atoms. The number of aromatic nitrogens is 5. The van der Waals surface area contributed by atoms with E-state index < -0.39 is 23.8 Å². The average Bonchev–Trinajstić information content (AvgIpc) is 3.22. The molecule has 172 valence electrons. The molecule has 4 rings (SSSR count). The van der Waals surface area contributed by atoms with E-state index in [0.29, 0.717) is 28.2 Å². The zero-order valence-electron chi connectivity index (χ0n) is 17.9. The minimum Gasteiger partial charge on any atom is -0.462 e. The Bertz CT molecular complexity index is 1370. The summed E-state index contributed by atoms with van der Waals surface area (Å²) in [4.78, 5) is 25.5. The van der Waals surface area contributed by atoms with Gasteiger partial charge in [0.15, 0.2) is 11.3 Å². The van der Waals surface area contributed by atoms with Gasteiger partial charge in [-0.15, -0.1) is 0 Å². The summed E-state index contributed by atoms with van der Waals surface area (Å²) in [5, 5.41) is 7.70. The van der Waals surface area contributed by atoms with Gasteiger partial charge >= 0.3 is 12.1 Å². The third kappa shape index (κ3) is 4.23. The third-order valence-electron chi connectivity index (χ3n) is 4.97. The van der Waals surface area contributed by atoms with Crippen LogP contribution in [0.5, 0.6) is 0 Å². The minimum atomic E-state index is -4.53. The van der Waals surface area contributed by atoms with Crippen LogP contribution in [-0.4, -0.2) is 37.1 Å². The van der Waals surface area contributed by atoms with Crippen molar-refractivity contribution in [2.45, 2.75) is 33.0 Å². The number of hydrogen-bond acceptors (Lipinski definition) is 8. The van der Waals surface area contributed by atoms with Gasteiger partial charge in [-0.25, -0.2) is 19.7 Å². The number of carbonyl (C=O) groups is 1. The van der Waals surface area contributed by atoms with Crippen molar-refractivity contribution in [3.63, 3.8) is 0 Å². The molecule has 3 aromatic heterocycles. The van der Waals surface area contributed by atoms with E-state index in [9.17, 15) is 18.0 Å². The molecule has 0 fully saturated rings. The van der Waals surface area contributed by atoms with Crippen LogP contribution in [-0.2, 0) is 10.9 Å². The third-order valence-corrected chi connectivity index (χ3v) is 4.97. The SMILES string of the molecule is CCOC(=O)c1cc2c(N[C@H](C)c3cc(N)cc(C(F)(F)F)c3)nc(C)nc2n2ncnc12. The molecule has 0 amide bonds. The number of aryl methyl sites for hydroxylation is 1. The molecule has 0 unspecified atom stereocenters. The standard InChI is InChI=1S/C21H20F3N7O2/c1-4-33-20(32)16-8-15-17(29-11(3)30-19(15)31-18(16)26-9-27-31)28-10(2)12-5-13(21(22,23)24)7-14(25)6-12/h5-10H,4,25H2,1-3H3,(H,28,29,30)/t10-/m1/s1. The number of carbonyl (C=O) groups excluding carboxylic acids is 1. The number of hydrogen-bond donors (Lipinski definition) is 2. The second kappa shape index (κ2) is 8.19. The van der Waals surface area contributed by atoms with Crippen molar-refractivity contribution in [1.29, 1.82) is 0 Å². The maximum absolute atomic E-state index is 13.2. The Kier molecular flexibility index (Phi) is 5.52. The van der Waals surface area contributed by atoms with Crippen LogP contribution in [0.4, 0.5) is 24.7 Å². The molecule has 3 N–H and O–H groups in total. The first-order chi connectivity index (χ1) is 15.6. The van der Waals surface area contributed by atoms with Crippen molar-refractivity contribution in [1.82, 2.24) is 24.6 Å². The second-order valence-electron chi connectivity index (χ2n) is 7.38. The number of alkyl halides is 3. The summed E-state index contributed by atoms with van der Waals surface area (Å²) in [6, 6.07) is 4.30. The van der Waals surface area contributed by atoms with E-state index in [1.54, 1.807) is 20.8 Å². The summed E-state index contributed by atoms with van der Waals surface area (Å²) >= 11 is 0. The zero-order valence-corrected chi connectivity index (χ0v) is 17.9. The van der Waals surface area contributed by atoms with Crippen molar-refractivity contribution in [2.75, 3.05) is 17.7 Å². The van der Waals surface area contributed by atoms with Crippen LogP contribution in [0.2, 0.25) is 0 Å². The lowest BCUT2D eigenvalue weighted by molar-refractivity contribution is -0.137. The number of nitrogens with two attached hydrogens (primary N) is 1. The van der Waals surface area contributed by atoms with Crippen LogP contribution in [0.1, 0.15) is 47.2 Å². The van der Waals surface area contributed by atoms with Gasteiger partial charge in [-0.3, -0.25) is 0 Å². The largest absolute Gasteiger partial charge is 0.462 e. The van der Waals surface area contributed by atoms with E-state index in [4.69, 9.17) is 10.5 Å². The summed E-state index contributed by atoms with van der Waals surface area (Å²) in [6.07, 6.45) is -3.24. The van der Waals surface area contributed by atoms with Crippen LogP contribution >= 0.6 is 0 Å². The number of ether oxygens (including phenoxy) is 1. The molecule has 3 heterocycles. The summed E-state index contributed by atoms with van der Waals surface area (Å²) in [5.41, 5.74) is 5.98. The number of benzene rings is 1. The Labute approximate surface area is 185 Å². The zero-order chi connectivity index (χ0) is 23.9. The summed E-state index contributed by atoms with van der Waals surface area (Å²) in [5.74, 6) is 0.105. The van der Waals surface area contributed by atoms with Crippen LogP contribution in [0.25, 0.3) is 16.7 Å². The molecule has 0 aliphatic carbocycles. The molecule has 0 aliphatic rings. The van der Waals surface area contributed by atoms with Crippen molar-refractivity contribution < 1.29 is 22.7 Å². The predicted molar refractivity (Wildman–Crippen MR) is 115 cm³/mol. The first-order valence-corrected chi connectivity index (χ1v) is 10.0. The molecule has 0 aliphatic heterocycles. The fourth-order valence-corrected chi connectivity index (χ4v) is 3.50. The van der Waals surface area contributed by atoms with Crippen molar-refractivity contribution in [2.24, 2.45) is 0 Å². The van der Waals surface area contributed by atoms with Crippen LogP contribution in [0.15, 0.2) is 30.6 Å². The van der Waals surface area contributed by atoms with Gasteiger partial charge < -0.3 is 15.8 Å². The Morgan fingerprint density at radius 1 is 1.21 bits per heavy atom. The number of anilines is 2. The highest BCUT2D eigenvalue weighted by Crippen LogP contribution is 2.34. The first-order valence-electron chi connectivity index (χ1n) is 10.0. The number of fused-ring (bicyclic) bond motifs is 3. The van der Waals surface area contributed by atoms with Gasteiger partial charge in [0, 0.05) is 5.69 Å². The van der Waals surface area contributed by atoms with E-state index in [1.165, 1.54) is 23.0 Å². The van der Waals surface area contributed by atoms with Crippen LogP contribution in [0.3, 0.4) is 0 Å². The molecular formula is C21H20F3N7O2. The molecule has 33 heavy (non-hydrogen) atoms. The summed E-state index contributed by atoms with van der Waals surface area (Å²) in [7, 11) is 0. The fourth-order valence-electron chi connectivity index (χ4n) is 3.50. The van der Waals surface area contributed by atoms with Crippen molar-refractivity contribution in [3.05, 3.63) is 53.1 Å². The van der Waals surface area contributed by atoms with Gasteiger partial charge in [-0.05, 0) is 50.6 Å². The molecule has 1 atom stereocenters. The van der Waals surface area contributed by atoms with Gasteiger partial charge in [-0.1, -0.05) is 0 Å². The summed E-state index contributed by atoms with van der Waals surface area (Å²) in [6.45, 7) is 5.20. The predicted octanol–water partition coefficient (Wildman–Crippen LogP) is 3.93. The maximum atomic E-state index is 13.2. The summed E-state index contributed by atoms with van der Waals surface area (Å²) < 4.78 is 46.3. The topological polar surface area (TPSA) is 120 Å². The number of rotatable bonds is 5. The van der Waals surface area contributed by atoms with E-state index in [2.05, 4.69) is 25.4 Å². The first kappa shape index (κ1) is 22.2. The van der Waals surface area contributed by atoms with Gasteiger partial charge in [0.2, 0.25) is 0 Å². The van der Waals surface area contributed by atoms with E-state index in [1.807, 2.05) is 0 Å². The van der Waals surface area contributed by atoms with Crippen LogP contribution < -0.4 is 11.1 Å². The highest BCUT2D eigenvalue weighted by atomic mass is 19.4. The molecule has 0 radical (unpaired) electrons. The highest BCUT2D eigenvalue weighted by molar-refractivity contribution is 6.02.